The van der Waals surface area contributed by atoms with Gasteiger partial charge in [-0.2, -0.15) is 0 Å². The Morgan fingerprint density at radius 1 is 1.16 bits per heavy atom. The van der Waals surface area contributed by atoms with E-state index in [4.69, 9.17) is 4.84 Å². The monoisotopic (exact) mass is 506 g/mol. The molecule has 0 fully saturated rings. The number of oxime groups is 1. The maximum atomic E-state index is 13.0. The number of unbranched alkanes of at least 4 members (excludes halogenated alkanes) is 4. The highest BCUT2D eigenvalue weighted by atomic mass is 79.9. The van der Waals surface area contributed by atoms with Gasteiger partial charge >= 0.3 is 0 Å². The third-order valence-electron chi connectivity index (χ3n) is 5.48. The molecule has 1 amide bonds. The summed E-state index contributed by atoms with van der Waals surface area (Å²) in [4.78, 5) is 18.7. The van der Waals surface area contributed by atoms with Crippen LogP contribution in [-0.2, 0) is 16.1 Å². The molecule has 0 spiro atoms. The van der Waals surface area contributed by atoms with Crippen molar-refractivity contribution < 1.29 is 9.63 Å². The highest BCUT2D eigenvalue weighted by Gasteiger charge is 2.21. The van der Waals surface area contributed by atoms with Gasteiger partial charge < -0.3 is 10.2 Å². The van der Waals surface area contributed by atoms with E-state index in [1.165, 1.54) is 30.4 Å². The van der Waals surface area contributed by atoms with E-state index in [1.807, 2.05) is 0 Å². The topological polar surface area (TPSA) is 50.7 Å². The van der Waals surface area contributed by atoms with E-state index in [2.05, 4.69) is 92.2 Å². The third-order valence-corrected chi connectivity index (χ3v) is 5.97. The standard InChI is InChI=1S/C27H43BrN2O2/c1-8-11-13-14-15-24(23-18-17-22(28)19-21(23)10-3)29-26(31)20(4)30-32-25(16-12-9-2)27(5,6)7/h16-19,24H,8-15H2,1-7H3,(H,29,31)/b25-16+,30-20+. The van der Waals surface area contributed by atoms with Crippen molar-refractivity contribution in [2.24, 2.45) is 10.6 Å². The zero-order chi connectivity index (χ0) is 24.1. The predicted molar refractivity (Wildman–Crippen MR) is 140 cm³/mol. The van der Waals surface area contributed by atoms with Gasteiger partial charge in [-0.3, -0.25) is 4.79 Å². The van der Waals surface area contributed by atoms with E-state index in [0.717, 1.165) is 42.3 Å². The first-order valence-corrected chi connectivity index (χ1v) is 12.9. The Kier molecular flexibility index (Phi) is 12.9. The summed E-state index contributed by atoms with van der Waals surface area (Å²) in [6.07, 6.45) is 10.5. The number of halogens is 1. The number of carbonyl (C=O) groups excluding carboxylic acids is 1. The molecule has 0 bridgehead atoms. The minimum Gasteiger partial charge on any atom is -0.361 e. The molecule has 0 heterocycles. The van der Waals surface area contributed by atoms with E-state index < -0.39 is 0 Å². The van der Waals surface area contributed by atoms with Crippen LogP contribution in [0.3, 0.4) is 0 Å². The van der Waals surface area contributed by atoms with Crippen molar-refractivity contribution >= 4 is 27.5 Å². The maximum absolute atomic E-state index is 13.0. The largest absolute Gasteiger partial charge is 0.361 e. The molecule has 32 heavy (non-hydrogen) atoms. The second-order valence-electron chi connectivity index (χ2n) is 9.45. The van der Waals surface area contributed by atoms with Gasteiger partial charge in [-0.15, -0.1) is 0 Å². The van der Waals surface area contributed by atoms with Crippen LogP contribution < -0.4 is 5.32 Å². The van der Waals surface area contributed by atoms with E-state index in [1.54, 1.807) is 6.92 Å². The Labute approximate surface area is 204 Å². The van der Waals surface area contributed by atoms with Crippen molar-refractivity contribution in [3.63, 3.8) is 0 Å². The molecule has 1 aromatic carbocycles. The fourth-order valence-electron chi connectivity index (χ4n) is 3.48. The van der Waals surface area contributed by atoms with Gasteiger partial charge in [-0.1, -0.05) is 101 Å². The van der Waals surface area contributed by atoms with Gasteiger partial charge in [0.25, 0.3) is 5.91 Å². The number of nitrogens with zero attached hydrogens (tertiary/aromatic N) is 1. The summed E-state index contributed by atoms with van der Waals surface area (Å²) in [6, 6.07) is 6.30. The molecule has 1 atom stereocenters. The second-order valence-corrected chi connectivity index (χ2v) is 10.4. The average molecular weight is 508 g/mol. The Hall–Kier alpha value is -1.62. The molecule has 0 saturated carbocycles. The van der Waals surface area contributed by atoms with Gasteiger partial charge in [0.2, 0.25) is 0 Å². The van der Waals surface area contributed by atoms with Crippen molar-refractivity contribution in [2.45, 2.75) is 106 Å². The highest BCUT2D eigenvalue weighted by Crippen LogP contribution is 2.28. The smallest absolute Gasteiger partial charge is 0.269 e. The summed E-state index contributed by atoms with van der Waals surface area (Å²) in [5.41, 5.74) is 2.62. The van der Waals surface area contributed by atoms with Gasteiger partial charge in [-0.25, -0.2) is 0 Å². The highest BCUT2D eigenvalue weighted by molar-refractivity contribution is 9.10. The van der Waals surface area contributed by atoms with Gasteiger partial charge in [0.1, 0.15) is 11.5 Å². The first kappa shape index (κ1) is 28.4. The summed E-state index contributed by atoms with van der Waals surface area (Å²) in [6.45, 7) is 14.5. The minimum absolute atomic E-state index is 0.0368. The molecular weight excluding hydrogens is 464 g/mol. The van der Waals surface area contributed by atoms with Crippen LogP contribution in [0.5, 0.6) is 0 Å². The van der Waals surface area contributed by atoms with Crippen molar-refractivity contribution in [3.8, 4) is 0 Å². The second kappa shape index (κ2) is 14.5. The SMILES string of the molecule is CCC/C=C(/O/N=C(\C)C(=O)NC(CCCCCC)c1ccc(Br)cc1CC)C(C)(C)C. The fourth-order valence-corrected chi connectivity index (χ4v) is 3.89. The van der Waals surface area contributed by atoms with Gasteiger partial charge in [0, 0.05) is 9.89 Å². The first-order valence-electron chi connectivity index (χ1n) is 12.1. The van der Waals surface area contributed by atoms with Crippen LogP contribution >= 0.6 is 15.9 Å². The number of amides is 1. The lowest BCUT2D eigenvalue weighted by atomic mass is 9.93. The number of hydrogen-bond acceptors (Lipinski definition) is 3. The summed E-state index contributed by atoms with van der Waals surface area (Å²) >= 11 is 3.57. The van der Waals surface area contributed by atoms with Crippen molar-refractivity contribution in [1.82, 2.24) is 5.32 Å². The Morgan fingerprint density at radius 3 is 2.47 bits per heavy atom. The molecule has 0 aliphatic carbocycles. The Morgan fingerprint density at radius 2 is 1.88 bits per heavy atom. The molecule has 5 heteroatoms. The Balaban J connectivity index is 3.02. The van der Waals surface area contributed by atoms with Crippen LogP contribution in [0.25, 0.3) is 0 Å². The Bertz CT molecular complexity index is 778. The molecule has 1 rings (SSSR count). The fraction of sp³-hybridized carbons (Fsp3) is 0.630. The van der Waals surface area contributed by atoms with Crippen molar-refractivity contribution in [3.05, 3.63) is 45.6 Å². The molecule has 0 aliphatic heterocycles. The van der Waals surface area contributed by atoms with E-state index in [0.29, 0.717) is 5.71 Å². The number of hydrogen-bond donors (Lipinski definition) is 1. The van der Waals surface area contributed by atoms with Crippen molar-refractivity contribution in [1.29, 1.82) is 0 Å². The lowest BCUT2D eigenvalue weighted by Crippen LogP contribution is -2.34. The third kappa shape index (κ3) is 9.89. The molecule has 1 N–H and O–H groups in total. The van der Waals surface area contributed by atoms with E-state index in [-0.39, 0.29) is 17.4 Å². The van der Waals surface area contributed by atoms with Crippen molar-refractivity contribution in [2.75, 3.05) is 0 Å². The van der Waals surface area contributed by atoms with Gasteiger partial charge in [0.15, 0.2) is 0 Å². The zero-order valence-electron chi connectivity index (χ0n) is 21.2. The lowest BCUT2D eigenvalue weighted by molar-refractivity contribution is -0.115. The van der Waals surface area contributed by atoms with Crippen LogP contribution in [-0.4, -0.2) is 11.6 Å². The van der Waals surface area contributed by atoms with Crippen LogP contribution in [0.15, 0.2) is 39.7 Å². The molecule has 0 aliphatic rings. The molecule has 0 saturated heterocycles. The summed E-state index contributed by atoms with van der Waals surface area (Å²) in [7, 11) is 0. The lowest BCUT2D eigenvalue weighted by Gasteiger charge is -2.23. The number of allylic oxidation sites excluding steroid dienone is 2. The maximum Gasteiger partial charge on any atom is 0.269 e. The molecule has 4 nitrogen and oxygen atoms in total. The summed E-state index contributed by atoms with van der Waals surface area (Å²) in [5.74, 6) is 0.614. The predicted octanol–water partition coefficient (Wildman–Crippen LogP) is 8.26. The summed E-state index contributed by atoms with van der Waals surface area (Å²) < 4.78 is 1.06. The van der Waals surface area contributed by atoms with Crippen LogP contribution in [0.2, 0.25) is 0 Å². The van der Waals surface area contributed by atoms with Gasteiger partial charge in [-0.05, 0) is 55.5 Å². The van der Waals surface area contributed by atoms with Crippen LogP contribution in [0, 0.1) is 5.41 Å². The molecule has 0 radical (unpaired) electrons. The minimum atomic E-state index is -0.181. The van der Waals surface area contributed by atoms with E-state index in [9.17, 15) is 4.79 Å². The number of aryl methyl sites for hydroxylation is 1. The number of rotatable bonds is 13. The zero-order valence-corrected chi connectivity index (χ0v) is 22.8. The summed E-state index contributed by atoms with van der Waals surface area (Å²) in [5, 5.41) is 7.41. The average Bonchev–Trinajstić information content (AvgIpc) is 2.74. The van der Waals surface area contributed by atoms with E-state index >= 15 is 0 Å². The normalized spacial score (nSPS) is 13.8. The molecule has 180 valence electrons. The number of carbonyl (C=O) groups is 1. The molecular formula is C27H43BrN2O2. The van der Waals surface area contributed by atoms with Crippen LogP contribution in [0.1, 0.15) is 111 Å². The van der Waals surface area contributed by atoms with Crippen LogP contribution in [0.4, 0.5) is 0 Å². The molecule has 1 aromatic rings. The number of nitrogens with one attached hydrogen (secondary N) is 1. The molecule has 0 aromatic heterocycles. The number of benzene rings is 1. The first-order chi connectivity index (χ1) is 15.1. The molecule has 1 unspecified atom stereocenters. The quantitative estimate of drug-likeness (QED) is 0.126. The van der Waals surface area contributed by atoms with Gasteiger partial charge in [0.05, 0.1) is 6.04 Å².